The standard InChI is InChI=1S/C28H32N4O2/c1-28(31-26-8-12-32(34,13-9-26)19-22-5-3-10-29-17-22)16-25(15-24-7-11-30-18-27(24)28)23-6-2-4-21(14-23)20-33/h2-7,10-11,14-15,17-18,26,31,33H,8-9,12-13,16,19-20H2,1H3. The van der Waals surface area contributed by atoms with Crippen molar-refractivity contribution < 1.29 is 9.75 Å². The Bertz CT molecular complexity index is 1170. The van der Waals surface area contributed by atoms with E-state index in [1.54, 1.807) is 12.4 Å². The lowest BCUT2D eigenvalue weighted by molar-refractivity contribution is -0.899. The van der Waals surface area contributed by atoms with Crippen molar-refractivity contribution in [2.45, 2.75) is 50.9 Å². The van der Waals surface area contributed by atoms with Gasteiger partial charge in [0, 0.05) is 54.8 Å². The summed E-state index contributed by atoms with van der Waals surface area (Å²) in [5, 5.41) is 26.9. The largest absolute Gasteiger partial charge is 0.633 e. The molecule has 3 aromatic rings. The molecule has 1 aliphatic heterocycles. The second kappa shape index (κ2) is 9.39. The molecule has 1 aromatic carbocycles. The third-order valence-electron chi connectivity index (χ3n) is 7.29. The molecule has 1 unspecified atom stereocenters. The highest BCUT2D eigenvalue weighted by atomic mass is 16.5. The van der Waals surface area contributed by atoms with Gasteiger partial charge in [-0.15, -0.1) is 0 Å². The number of rotatable bonds is 6. The summed E-state index contributed by atoms with van der Waals surface area (Å²) in [6.07, 6.45) is 12.1. The molecule has 1 fully saturated rings. The van der Waals surface area contributed by atoms with Crippen LogP contribution in [0, 0.1) is 5.21 Å². The van der Waals surface area contributed by atoms with Crippen LogP contribution >= 0.6 is 0 Å². The number of piperidine rings is 1. The van der Waals surface area contributed by atoms with Crippen LogP contribution in [0.3, 0.4) is 0 Å². The number of fused-ring (bicyclic) bond motifs is 1. The van der Waals surface area contributed by atoms with Crippen LogP contribution in [0.25, 0.3) is 11.6 Å². The van der Waals surface area contributed by atoms with Crippen molar-refractivity contribution in [3.63, 3.8) is 0 Å². The molecule has 34 heavy (non-hydrogen) atoms. The van der Waals surface area contributed by atoms with Crippen molar-refractivity contribution in [2.75, 3.05) is 13.1 Å². The smallest absolute Gasteiger partial charge is 0.106 e. The van der Waals surface area contributed by atoms with Gasteiger partial charge in [0.15, 0.2) is 0 Å². The number of hydrogen-bond acceptors (Lipinski definition) is 5. The first-order valence-electron chi connectivity index (χ1n) is 12.1. The monoisotopic (exact) mass is 456 g/mol. The molecule has 0 amide bonds. The van der Waals surface area contributed by atoms with Crippen molar-refractivity contribution in [1.29, 1.82) is 0 Å². The van der Waals surface area contributed by atoms with E-state index in [1.165, 1.54) is 16.7 Å². The Kier molecular flexibility index (Phi) is 6.32. The van der Waals surface area contributed by atoms with Crippen molar-refractivity contribution in [2.24, 2.45) is 0 Å². The average molecular weight is 457 g/mol. The van der Waals surface area contributed by atoms with E-state index in [1.807, 2.05) is 36.7 Å². The summed E-state index contributed by atoms with van der Waals surface area (Å²) in [6, 6.07) is 14.4. The third-order valence-corrected chi connectivity index (χ3v) is 7.29. The minimum atomic E-state index is -0.285. The molecule has 2 aromatic heterocycles. The Morgan fingerprint density at radius 1 is 1.06 bits per heavy atom. The number of aliphatic hydroxyl groups is 1. The molecule has 2 aliphatic rings. The van der Waals surface area contributed by atoms with Crippen molar-refractivity contribution >= 4 is 11.6 Å². The number of quaternary nitrogens is 1. The maximum Gasteiger partial charge on any atom is 0.106 e. The predicted molar refractivity (Wildman–Crippen MR) is 134 cm³/mol. The highest BCUT2D eigenvalue weighted by Gasteiger charge is 2.37. The van der Waals surface area contributed by atoms with Gasteiger partial charge in [-0.25, -0.2) is 0 Å². The zero-order chi connectivity index (χ0) is 23.6. The van der Waals surface area contributed by atoms with Crippen LogP contribution in [-0.2, 0) is 18.7 Å². The van der Waals surface area contributed by atoms with Gasteiger partial charge in [0.2, 0.25) is 0 Å². The van der Waals surface area contributed by atoms with Gasteiger partial charge in [-0.05, 0) is 59.4 Å². The first-order chi connectivity index (χ1) is 16.5. The molecular formula is C28H32N4O2. The third kappa shape index (κ3) is 4.81. The molecule has 6 heteroatoms. The summed E-state index contributed by atoms with van der Waals surface area (Å²) in [6.45, 7) is 3.97. The number of hydrogen-bond donors (Lipinski definition) is 2. The number of aliphatic hydroxyl groups excluding tert-OH is 1. The molecule has 176 valence electrons. The predicted octanol–water partition coefficient (Wildman–Crippen LogP) is 4.40. The van der Waals surface area contributed by atoms with Crippen molar-refractivity contribution in [3.8, 4) is 0 Å². The van der Waals surface area contributed by atoms with E-state index >= 15 is 0 Å². The first-order valence-corrected chi connectivity index (χ1v) is 12.1. The van der Waals surface area contributed by atoms with E-state index in [4.69, 9.17) is 0 Å². The molecule has 1 aliphatic carbocycles. The van der Waals surface area contributed by atoms with Gasteiger partial charge in [0.25, 0.3) is 0 Å². The second-order valence-electron chi connectivity index (χ2n) is 9.94. The van der Waals surface area contributed by atoms with Gasteiger partial charge in [0.05, 0.1) is 19.7 Å². The lowest BCUT2D eigenvalue weighted by Gasteiger charge is -2.49. The van der Waals surface area contributed by atoms with E-state index in [0.29, 0.717) is 19.6 Å². The van der Waals surface area contributed by atoms with Gasteiger partial charge in [-0.3, -0.25) is 9.97 Å². The fourth-order valence-electron chi connectivity index (χ4n) is 5.51. The zero-order valence-corrected chi connectivity index (χ0v) is 19.7. The van der Waals surface area contributed by atoms with Crippen LogP contribution in [0.15, 0.2) is 67.3 Å². The number of benzene rings is 1. The van der Waals surface area contributed by atoms with E-state index in [2.05, 4.69) is 46.5 Å². The molecule has 1 saturated heterocycles. The Balaban J connectivity index is 1.34. The number of nitrogens with one attached hydrogen (secondary N) is 1. The van der Waals surface area contributed by atoms with Crippen LogP contribution in [-0.4, -0.2) is 38.9 Å². The fraction of sp³-hybridized carbons (Fsp3) is 0.357. The fourth-order valence-corrected chi connectivity index (χ4v) is 5.51. The van der Waals surface area contributed by atoms with Crippen LogP contribution in [0.2, 0.25) is 0 Å². The quantitative estimate of drug-likeness (QED) is 0.425. The SMILES string of the molecule is CC1(NC2CC[N+]([O-])(Cc3cccnc3)CC2)CC(c2cccc(CO)c2)=Cc2ccncc21. The van der Waals surface area contributed by atoms with Crippen LogP contribution < -0.4 is 5.32 Å². The molecule has 3 heterocycles. The van der Waals surface area contributed by atoms with Gasteiger partial charge >= 0.3 is 0 Å². The maximum atomic E-state index is 13.3. The van der Waals surface area contributed by atoms with Gasteiger partial charge in [-0.1, -0.05) is 30.3 Å². The molecule has 0 bridgehead atoms. The summed E-state index contributed by atoms with van der Waals surface area (Å²) in [4.78, 5) is 8.58. The number of likely N-dealkylation sites (tertiary alicyclic amines) is 1. The first kappa shape index (κ1) is 22.9. The van der Waals surface area contributed by atoms with E-state index < -0.39 is 0 Å². The minimum absolute atomic E-state index is 0.0352. The maximum absolute atomic E-state index is 13.3. The Labute approximate surface area is 201 Å². The lowest BCUT2D eigenvalue weighted by atomic mass is 9.76. The summed E-state index contributed by atoms with van der Waals surface area (Å²) in [5.74, 6) is 0. The lowest BCUT2D eigenvalue weighted by Crippen LogP contribution is -2.55. The number of nitrogens with zero attached hydrogens (tertiary/aromatic N) is 3. The Hall–Kier alpha value is -2.90. The van der Waals surface area contributed by atoms with E-state index in [-0.39, 0.29) is 22.8 Å². The molecule has 1 atom stereocenters. The number of pyridine rings is 2. The van der Waals surface area contributed by atoms with Crippen LogP contribution in [0.5, 0.6) is 0 Å². The van der Waals surface area contributed by atoms with Gasteiger partial charge in [0.1, 0.15) is 6.54 Å². The highest BCUT2D eigenvalue weighted by molar-refractivity contribution is 5.85. The van der Waals surface area contributed by atoms with Crippen LogP contribution in [0.4, 0.5) is 0 Å². The Morgan fingerprint density at radius 3 is 2.62 bits per heavy atom. The summed E-state index contributed by atoms with van der Waals surface area (Å²) in [5.41, 5.74) is 6.37. The highest BCUT2D eigenvalue weighted by Crippen LogP contribution is 2.41. The van der Waals surface area contributed by atoms with E-state index in [9.17, 15) is 10.3 Å². The second-order valence-corrected chi connectivity index (χ2v) is 9.94. The molecule has 0 radical (unpaired) electrons. The molecule has 6 nitrogen and oxygen atoms in total. The molecule has 0 saturated carbocycles. The minimum Gasteiger partial charge on any atom is -0.633 e. The summed E-state index contributed by atoms with van der Waals surface area (Å²) >= 11 is 0. The van der Waals surface area contributed by atoms with Gasteiger partial charge < -0.3 is 20.3 Å². The van der Waals surface area contributed by atoms with Crippen molar-refractivity contribution in [3.05, 3.63) is 100 Å². The number of hydroxylamine groups is 3. The van der Waals surface area contributed by atoms with Gasteiger partial charge in [-0.2, -0.15) is 0 Å². The topological polar surface area (TPSA) is 81.1 Å². The summed E-state index contributed by atoms with van der Waals surface area (Å²) in [7, 11) is 0. The average Bonchev–Trinajstić information content (AvgIpc) is 2.86. The normalized spacial score (nSPS) is 26.6. The molecule has 0 spiro atoms. The molecular weight excluding hydrogens is 424 g/mol. The summed E-state index contributed by atoms with van der Waals surface area (Å²) < 4.78 is -0.183. The van der Waals surface area contributed by atoms with Crippen LogP contribution in [0.1, 0.15) is 54.0 Å². The van der Waals surface area contributed by atoms with Crippen molar-refractivity contribution in [1.82, 2.24) is 15.3 Å². The van der Waals surface area contributed by atoms with E-state index in [0.717, 1.165) is 36.0 Å². The molecule has 5 rings (SSSR count). The zero-order valence-electron chi connectivity index (χ0n) is 19.7. The Morgan fingerprint density at radius 2 is 1.85 bits per heavy atom. The molecule has 2 N–H and O–H groups in total. The number of aromatic nitrogens is 2.